The highest BCUT2D eigenvalue weighted by Crippen LogP contribution is 2.54. The van der Waals surface area contributed by atoms with Crippen LogP contribution in [0.2, 0.25) is 0 Å². The summed E-state index contributed by atoms with van der Waals surface area (Å²) in [6, 6.07) is 3.77. The van der Waals surface area contributed by atoms with Crippen molar-refractivity contribution in [1.29, 1.82) is 0 Å². The number of thioether (sulfide) groups is 1. The van der Waals surface area contributed by atoms with E-state index in [-0.39, 0.29) is 29.8 Å². The second kappa shape index (κ2) is 6.80. The standard InChI is InChI=1S/C21H24FN3O3S/c1-29-9-8-15-16-17(19(27)25(18(16)26)12-4-2-3-5-12)21(24-15)13-10-11(22)6-7-14(13)23-20(21)28/h6-7,10,12,15-17,24H,2-5,8-9H2,1H3,(H,23,28)/t15?,16-,17+,21?/m0/s1. The van der Waals surface area contributed by atoms with Crippen molar-refractivity contribution in [2.45, 2.75) is 49.7 Å². The van der Waals surface area contributed by atoms with Gasteiger partial charge in [-0.25, -0.2) is 4.39 Å². The Morgan fingerprint density at radius 3 is 2.69 bits per heavy atom. The van der Waals surface area contributed by atoms with Crippen LogP contribution >= 0.6 is 11.8 Å². The van der Waals surface area contributed by atoms with Crippen molar-refractivity contribution in [2.24, 2.45) is 11.8 Å². The van der Waals surface area contributed by atoms with Gasteiger partial charge in [-0.05, 0) is 49.5 Å². The van der Waals surface area contributed by atoms with E-state index in [2.05, 4.69) is 10.6 Å². The summed E-state index contributed by atoms with van der Waals surface area (Å²) in [5.74, 6) is -1.89. The number of hydrogen-bond acceptors (Lipinski definition) is 5. The van der Waals surface area contributed by atoms with Crippen molar-refractivity contribution in [3.05, 3.63) is 29.6 Å². The van der Waals surface area contributed by atoms with Gasteiger partial charge in [0.15, 0.2) is 0 Å². The quantitative estimate of drug-likeness (QED) is 0.735. The first-order valence-corrected chi connectivity index (χ1v) is 11.6. The number of nitrogens with one attached hydrogen (secondary N) is 2. The van der Waals surface area contributed by atoms with E-state index >= 15 is 0 Å². The highest BCUT2D eigenvalue weighted by Gasteiger charge is 2.70. The molecule has 1 aliphatic carbocycles. The molecule has 2 N–H and O–H groups in total. The van der Waals surface area contributed by atoms with Crippen LogP contribution in [0.25, 0.3) is 0 Å². The second-order valence-corrected chi connectivity index (χ2v) is 9.46. The molecule has 154 valence electrons. The molecule has 0 aromatic heterocycles. The zero-order valence-corrected chi connectivity index (χ0v) is 17.1. The summed E-state index contributed by atoms with van der Waals surface area (Å²) in [6.45, 7) is 0. The molecule has 1 saturated carbocycles. The normalized spacial score (nSPS) is 33.7. The molecule has 0 radical (unpaired) electrons. The van der Waals surface area contributed by atoms with Crippen LogP contribution in [0, 0.1) is 17.7 Å². The number of amides is 3. The van der Waals surface area contributed by atoms with Crippen molar-refractivity contribution in [2.75, 3.05) is 17.3 Å². The summed E-state index contributed by atoms with van der Waals surface area (Å²) in [7, 11) is 0. The van der Waals surface area contributed by atoms with Crippen LogP contribution < -0.4 is 10.6 Å². The van der Waals surface area contributed by atoms with Crippen LogP contribution in [0.15, 0.2) is 18.2 Å². The fourth-order valence-electron chi connectivity index (χ4n) is 5.81. The Bertz CT molecular complexity index is 903. The van der Waals surface area contributed by atoms with Gasteiger partial charge < -0.3 is 5.32 Å². The lowest BCUT2D eigenvalue weighted by Crippen LogP contribution is -2.54. The first-order chi connectivity index (χ1) is 14.0. The van der Waals surface area contributed by atoms with Crippen LogP contribution in [0.1, 0.15) is 37.7 Å². The van der Waals surface area contributed by atoms with Crippen molar-refractivity contribution in [3.63, 3.8) is 0 Å². The zero-order valence-electron chi connectivity index (χ0n) is 16.2. The summed E-state index contributed by atoms with van der Waals surface area (Å²) in [4.78, 5) is 41.7. The molecule has 3 heterocycles. The van der Waals surface area contributed by atoms with Gasteiger partial charge in [-0.3, -0.25) is 24.6 Å². The van der Waals surface area contributed by atoms with Crippen molar-refractivity contribution >= 4 is 35.2 Å². The third-order valence-corrected chi connectivity index (χ3v) is 7.68. The Kier molecular flexibility index (Phi) is 4.47. The molecule has 8 heteroatoms. The minimum atomic E-state index is -1.38. The minimum absolute atomic E-state index is 0.0738. The van der Waals surface area contributed by atoms with E-state index in [0.717, 1.165) is 31.4 Å². The molecule has 3 amide bonds. The van der Waals surface area contributed by atoms with Gasteiger partial charge in [0.05, 0.1) is 11.8 Å². The molecule has 29 heavy (non-hydrogen) atoms. The highest BCUT2D eigenvalue weighted by atomic mass is 32.2. The van der Waals surface area contributed by atoms with Gasteiger partial charge in [-0.2, -0.15) is 11.8 Å². The first-order valence-electron chi connectivity index (χ1n) is 10.2. The first kappa shape index (κ1) is 19.1. The van der Waals surface area contributed by atoms with Crippen molar-refractivity contribution in [1.82, 2.24) is 10.2 Å². The Hall–Kier alpha value is -1.93. The average Bonchev–Trinajstić information content (AvgIpc) is 3.43. The topological polar surface area (TPSA) is 78.5 Å². The molecular formula is C21H24FN3O3S. The molecule has 1 aromatic rings. The summed E-state index contributed by atoms with van der Waals surface area (Å²) in [6.07, 6.45) is 6.31. The Labute approximate surface area is 173 Å². The number of fused-ring (bicyclic) bond motifs is 4. The fourth-order valence-corrected chi connectivity index (χ4v) is 6.30. The third-order valence-electron chi connectivity index (χ3n) is 7.03. The number of halogens is 1. The molecule has 3 aliphatic heterocycles. The average molecular weight is 418 g/mol. The van der Waals surface area contributed by atoms with Crippen LogP contribution in [-0.4, -0.2) is 46.7 Å². The molecule has 4 aliphatic rings. The minimum Gasteiger partial charge on any atom is -0.324 e. The predicted molar refractivity (Wildman–Crippen MR) is 108 cm³/mol. The number of hydrogen-bond donors (Lipinski definition) is 2. The number of rotatable bonds is 4. The monoisotopic (exact) mass is 417 g/mol. The van der Waals surface area contributed by atoms with Crippen LogP contribution in [-0.2, 0) is 19.9 Å². The van der Waals surface area contributed by atoms with Gasteiger partial charge in [0.1, 0.15) is 11.4 Å². The van der Waals surface area contributed by atoms with E-state index < -0.39 is 23.2 Å². The largest absolute Gasteiger partial charge is 0.324 e. The van der Waals surface area contributed by atoms with E-state index in [4.69, 9.17) is 0 Å². The summed E-state index contributed by atoms with van der Waals surface area (Å²) >= 11 is 1.66. The maximum absolute atomic E-state index is 14.1. The summed E-state index contributed by atoms with van der Waals surface area (Å²) in [5.41, 5.74) is -0.433. The molecule has 6 nitrogen and oxygen atoms in total. The van der Waals surface area contributed by atoms with Crippen molar-refractivity contribution in [3.8, 4) is 0 Å². The van der Waals surface area contributed by atoms with E-state index in [1.807, 2.05) is 6.26 Å². The molecule has 1 aromatic carbocycles. The van der Waals surface area contributed by atoms with E-state index in [1.54, 1.807) is 11.8 Å². The smallest absolute Gasteiger partial charge is 0.250 e. The van der Waals surface area contributed by atoms with Gasteiger partial charge >= 0.3 is 0 Å². The Morgan fingerprint density at radius 2 is 1.97 bits per heavy atom. The molecule has 1 spiro atoms. The van der Waals surface area contributed by atoms with Gasteiger partial charge in [0, 0.05) is 23.3 Å². The van der Waals surface area contributed by atoms with Crippen LogP contribution in [0.4, 0.5) is 10.1 Å². The molecule has 5 rings (SSSR count). The lowest BCUT2D eigenvalue weighted by Gasteiger charge is -2.31. The molecule has 3 fully saturated rings. The van der Waals surface area contributed by atoms with E-state index in [1.165, 1.54) is 23.1 Å². The second-order valence-electron chi connectivity index (χ2n) is 8.47. The van der Waals surface area contributed by atoms with Gasteiger partial charge in [0.2, 0.25) is 17.7 Å². The maximum Gasteiger partial charge on any atom is 0.250 e. The predicted octanol–water partition coefficient (Wildman–Crippen LogP) is 2.24. The summed E-state index contributed by atoms with van der Waals surface area (Å²) in [5, 5.41) is 6.16. The molecule has 2 saturated heterocycles. The highest BCUT2D eigenvalue weighted by molar-refractivity contribution is 7.98. The third kappa shape index (κ3) is 2.54. The lowest BCUT2D eigenvalue weighted by molar-refractivity contribution is -0.145. The molecule has 2 unspecified atom stereocenters. The van der Waals surface area contributed by atoms with E-state index in [0.29, 0.717) is 17.7 Å². The number of imide groups is 1. The SMILES string of the molecule is CSCCC1NC2(C(=O)Nc3ccc(F)cc32)[C@H]2C(=O)N(C3CCCC3)C(=O)[C@@H]12. The Morgan fingerprint density at radius 1 is 1.21 bits per heavy atom. The van der Waals surface area contributed by atoms with E-state index in [9.17, 15) is 18.8 Å². The van der Waals surface area contributed by atoms with Gasteiger partial charge in [-0.15, -0.1) is 0 Å². The number of carbonyl (C=O) groups excluding carboxylic acids is 3. The number of nitrogens with zero attached hydrogens (tertiary/aromatic N) is 1. The lowest BCUT2D eigenvalue weighted by atomic mass is 9.76. The molecular weight excluding hydrogens is 393 g/mol. The van der Waals surface area contributed by atoms with Gasteiger partial charge in [0.25, 0.3) is 0 Å². The number of likely N-dealkylation sites (tertiary alicyclic amines) is 1. The Balaban J connectivity index is 1.63. The van der Waals surface area contributed by atoms with Crippen LogP contribution in [0.5, 0.6) is 0 Å². The maximum atomic E-state index is 14.1. The molecule has 4 atom stereocenters. The number of carbonyl (C=O) groups is 3. The number of benzene rings is 1. The van der Waals surface area contributed by atoms with Gasteiger partial charge in [-0.1, -0.05) is 12.8 Å². The van der Waals surface area contributed by atoms with Crippen molar-refractivity contribution < 1.29 is 18.8 Å². The number of anilines is 1. The summed E-state index contributed by atoms with van der Waals surface area (Å²) < 4.78 is 14.1. The fraction of sp³-hybridized carbons (Fsp3) is 0.571. The molecule has 0 bridgehead atoms. The zero-order chi connectivity index (χ0) is 20.3. The van der Waals surface area contributed by atoms with Crippen LogP contribution in [0.3, 0.4) is 0 Å².